The van der Waals surface area contributed by atoms with Crippen molar-refractivity contribution in [1.29, 1.82) is 0 Å². The first kappa shape index (κ1) is 17.9. The number of hydrogen-bond donors (Lipinski definition) is 2. The van der Waals surface area contributed by atoms with Crippen molar-refractivity contribution in [2.75, 3.05) is 24.3 Å². The second kappa shape index (κ2) is 7.39. The number of aromatic nitrogens is 1. The molecule has 0 bridgehead atoms. The molecule has 8 heteroatoms. The normalized spacial score (nSPS) is 11.2. The fourth-order valence-electron chi connectivity index (χ4n) is 2.03. The van der Waals surface area contributed by atoms with Gasteiger partial charge in [0.25, 0.3) is 10.0 Å². The lowest BCUT2D eigenvalue weighted by molar-refractivity contribution is 0.354. The van der Waals surface area contributed by atoms with Crippen molar-refractivity contribution in [2.24, 2.45) is 0 Å². The van der Waals surface area contributed by atoms with E-state index >= 15 is 0 Å². The number of anilines is 2. The van der Waals surface area contributed by atoms with E-state index in [1.165, 1.54) is 32.5 Å². The summed E-state index contributed by atoms with van der Waals surface area (Å²) < 4.78 is 37.7. The maximum Gasteiger partial charge on any atom is 0.262 e. The van der Waals surface area contributed by atoms with Crippen LogP contribution >= 0.6 is 0 Å². The van der Waals surface area contributed by atoms with E-state index in [4.69, 9.17) is 9.47 Å². The molecule has 130 valence electrons. The number of benzene rings is 1. The molecule has 0 unspecified atom stereocenters. The van der Waals surface area contributed by atoms with Crippen LogP contribution in [0.15, 0.2) is 41.4 Å². The molecular formula is C16H21N3O4S. The predicted molar refractivity (Wildman–Crippen MR) is 93.4 cm³/mol. The number of ether oxygens (including phenoxy) is 2. The Kier molecular flexibility index (Phi) is 5.50. The van der Waals surface area contributed by atoms with E-state index in [2.05, 4.69) is 15.0 Å². The summed E-state index contributed by atoms with van der Waals surface area (Å²) >= 11 is 0. The molecule has 2 aromatic rings. The summed E-state index contributed by atoms with van der Waals surface area (Å²) in [6.45, 7) is 3.99. The van der Waals surface area contributed by atoms with Gasteiger partial charge in [-0.05, 0) is 38.1 Å². The minimum atomic E-state index is -3.75. The van der Waals surface area contributed by atoms with Crippen LogP contribution in [-0.2, 0) is 10.0 Å². The third-order valence-corrected chi connectivity index (χ3v) is 4.50. The standard InChI is InChI=1S/C16H21N3O4S/c1-11(2)18-16-8-5-12(10-17-16)19-24(20,21)13-6-7-14(22-3)15(9-13)23-4/h5-11,19H,1-4H3,(H,17,18). The Bertz CT molecular complexity index is 789. The third-order valence-electron chi connectivity index (χ3n) is 3.12. The van der Waals surface area contributed by atoms with Gasteiger partial charge in [-0.3, -0.25) is 4.72 Å². The number of pyridine rings is 1. The van der Waals surface area contributed by atoms with Gasteiger partial charge in [0.15, 0.2) is 11.5 Å². The minimum Gasteiger partial charge on any atom is -0.493 e. The number of methoxy groups -OCH3 is 2. The molecule has 0 saturated carbocycles. The maximum atomic E-state index is 12.5. The number of rotatable bonds is 7. The summed E-state index contributed by atoms with van der Waals surface area (Å²) in [5, 5.41) is 3.14. The molecule has 0 spiro atoms. The second-order valence-corrected chi connectivity index (χ2v) is 7.04. The number of sulfonamides is 1. The van der Waals surface area contributed by atoms with Gasteiger partial charge in [0.1, 0.15) is 5.82 Å². The van der Waals surface area contributed by atoms with Gasteiger partial charge in [0.05, 0.1) is 31.0 Å². The summed E-state index contributed by atoms with van der Waals surface area (Å²) in [5.74, 6) is 1.48. The highest BCUT2D eigenvalue weighted by atomic mass is 32.2. The second-order valence-electron chi connectivity index (χ2n) is 5.35. The first-order chi connectivity index (χ1) is 11.4. The quantitative estimate of drug-likeness (QED) is 0.797. The van der Waals surface area contributed by atoms with Gasteiger partial charge in [-0.15, -0.1) is 0 Å². The van der Waals surface area contributed by atoms with Crippen LogP contribution in [0.25, 0.3) is 0 Å². The molecule has 24 heavy (non-hydrogen) atoms. The molecule has 0 amide bonds. The summed E-state index contributed by atoms with van der Waals surface area (Å²) in [7, 11) is -0.814. The summed E-state index contributed by atoms with van der Waals surface area (Å²) in [6, 6.07) is 8.01. The largest absolute Gasteiger partial charge is 0.493 e. The van der Waals surface area contributed by atoms with E-state index in [-0.39, 0.29) is 10.9 Å². The Labute approximate surface area is 142 Å². The van der Waals surface area contributed by atoms with Crippen molar-refractivity contribution < 1.29 is 17.9 Å². The molecule has 2 N–H and O–H groups in total. The van der Waals surface area contributed by atoms with Gasteiger partial charge in [-0.25, -0.2) is 13.4 Å². The molecule has 2 rings (SSSR count). The van der Waals surface area contributed by atoms with Crippen LogP contribution in [0.2, 0.25) is 0 Å². The first-order valence-electron chi connectivity index (χ1n) is 7.33. The van der Waals surface area contributed by atoms with Crippen LogP contribution in [0.4, 0.5) is 11.5 Å². The highest BCUT2D eigenvalue weighted by Gasteiger charge is 2.17. The van der Waals surface area contributed by atoms with Crippen LogP contribution in [0, 0.1) is 0 Å². The monoisotopic (exact) mass is 351 g/mol. The average Bonchev–Trinajstić information content (AvgIpc) is 2.55. The van der Waals surface area contributed by atoms with Crippen LogP contribution in [0.5, 0.6) is 11.5 Å². The maximum absolute atomic E-state index is 12.5. The fourth-order valence-corrected chi connectivity index (χ4v) is 3.09. The van der Waals surface area contributed by atoms with Crippen molar-refractivity contribution in [2.45, 2.75) is 24.8 Å². The Morgan fingerprint density at radius 1 is 1.04 bits per heavy atom. The predicted octanol–water partition coefficient (Wildman–Crippen LogP) is 2.72. The number of nitrogens with zero attached hydrogens (tertiary/aromatic N) is 1. The average molecular weight is 351 g/mol. The Hall–Kier alpha value is -2.48. The first-order valence-corrected chi connectivity index (χ1v) is 8.81. The lowest BCUT2D eigenvalue weighted by Gasteiger charge is -2.12. The molecule has 0 radical (unpaired) electrons. The smallest absolute Gasteiger partial charge is 0.262 e. The summed E-state index contributed by atoms with van der Waals surface area (Å²) in [4.78, 5) is 4.25. The molecule has 0 atom stereocenters. The molecule has 1 aromatic heterocycles. The summed E-state index contributed by atoms with van der Waals surface area (Å²) in [5.41, 5.74) is 0.374. The van der Waals surface area contributed by atoms with Crippen LogP contribution < -0.4 is 19.5 Å². The number of nitrogens with one attached hydrogen (secondary N) is 2. The fraction of sp³-hybridized carbons (Fsp3) is 0.312. The van der Waals surface area contributed by atoms with Crippen LogP contribution in [-0.4, -0.2) is 33.7 Å². The topological polar surface area (TPSA) is 89.6 Å². The zero-order chi connectivity index (χ0) is 17.7. The van der Waals surface area contributed by atoms with Crippen LogP contribution in [0.3, 0.4) is 0 Å². The van der Waals surface area contributed by atoms with Crippen molar-refractivity contribution >= 4 is 21.5 Å². The Morgan fingerprint density at radius 3 is 2.29 bits per heavy atom. The van der Waals surface area contributed by atoms with Crippen LogP contribution in [0.1, 0.15) is 13.8 Å². The van der Waals surface area contributed by atoms with E-state index in [0.29, 0.717) is 23.0 Å². The molecule has 0 aliphatic heterocycles. The van der Waals surface area contributed by atoms with E-state index < -0.39 is 10.0 Å². The Morgan fingerprint density at radius 2 is 1.75 bits per heavy atom. The molecule has 1 heterocycles. The molecule has 0 fully saturated rings. The van der Waals surface area contributed by atoms with Gasteiger partial charge < -0.3 is 14.8 Å². The van der Waals surface area contributed by atoms with Gasteiger partial charge in [-0.1, -0.05) is 0 Å². The minimum absolute atomic E-state index is 0.0736. The van der Waals surface area contributed by atoms with E-state index in [1.54, 1.807) is 18.2 Å². The SMILES string of the molecule is COc1ccc(S(=O)(=O)Nc2ccc(NC(C)C)nc2)cc1OC. The van der Waals surface area contributed by atoms with Crippen molar-refractivity contribution in [3.05, 3.63) is 36.5 Å². The van der Waals surface area contributed by atoms with Gasteiger partial charge in [0.2, 0.25) is 0 Å². The zero-order valence-corrected chi connectivity index (χ0v) is 14.8. The van der Waals surface area contributed by atoms with E-state index in [1.807, 2.05) is 13.8 Å². The van der Waals surface area contributed by atoms with Gasteiger partial charge >= 0.3 is 0 Å². The van der Waals surface area contributed by atoms with Crippen molar-refractivity contribution in [1.82, 2.24) is 4.98 Å². The van der Waals surface area contributed by atoms with Gasteiger partial charge in [-0.2, -0.15) is 0 Å². The lowest BCUT2D eigenvalue weighted by atomic mass is 10.3. The Balaban J connectivity index is 2.22. The number of hydrogen-bond acceptors (Lipinski definition) is 6. The van der Waals surface area contributed by atoms with Crippen molar-refractivity contribution in [3.63, 3.8) is 0 Å². The molecule has 7 nitrogen and oxygen atoms in total. The molecule has 0 aliphatic carbocycles. The van der Waals surface area contributed by atoms with E-state index in [9.17, 15) is 8.42 Å². The third kappa shape index (κ3) is 4.29. The highest BCUT2D eigenvalue weighted by molar-refractivity contribution is 7.92. The van der Waals surface area contributed by atoms with E-state index in [0.717, 1.165) is 0 Å². The zero-order valence-electron chi connectivity index (χ0n) is 14.0. The summed E-state index contributed by atoms with van der Waals surface area (Å²) in [6.07, 6.45) is 1.46. The molecule has 0 aliphatic rings. The highest BCUT2D eigenvalue weighted by Crippen LogP contribution is 2.30. The van der Waals surface area contributed by atoms with Gasteiger partial charge in [0, 0.05) is 12.1 Å². The molecular weight excluding hydrogens is 330 g/mol. The van der Waals surface area contributed by atoms with Crippen molar-refractivity contribution in [3.8, 4) is 11.5 Å². The molecule has 1 aromatic carbocycles. The lowest BCUT2D eigenvalue weighted by Crippen LogP contribution is -2.14. The molecule has 0 saturated heterocycles.